The monoisotopic (exact) mass is 272 g/mol. The maximum atomic E-state index is 5.61. The van der Waals surface area contributed by atoms with Crippen molar-refractivity contribution in [2.45, 2.75) is 6.42 Å². The van der Waals surface area contributed by atoms with Gasteiger partial charge in [0.1, 0.15) is 11.6 Å². The smallest absolute Gasteiger partial charge is 0.229 e. The van der Waals surface area contributed by atoms with Gasteiger partial charge in [-0.1, -0.05) is 0 Å². The van der Waals surface area contributed by atoms with Gasteiger partial charge in [-0.25, -0.2) is 4.98 Å². The standard InChI is InChI=1S/C14H18N5O/c1-16-13-6-8-17-14(19-13)18-11-3-4-12(20-2)10(9-11)5-7-15/h3-4,6,8-9H,1,5,7,15H2,2H3,(H2,16,17,18,19). The summed E-state index contributed by atoms with van der Waals surface area (Å²) in [6.07, 6.45) is 2.41. The number of benzene rings is 1. The van der Waals surface area contributed by atoms with Crippen molar-refractivity contribution < 1.29 is 4.74 Å². The average molecular weight is 272 g/mol. The molecule has 2 aromatic rings. The van der Waals surface area contributed by atoms with Crippen molar-refractivity contribution in [1.29, 1.82) is 0 Å². The summed E-state index contributed by atoms with van der Waals surface area (Å²) in [7, 11) is 5.21. The van der Waals surface area contributed by atoms with E-state index in [1.807, 2.05) is 18.2 Å². The molecule has 1 radical (unpaired) electrons. The van der Waals surface area contributed by atoms with Crippen LogP contribution in [0.15, 0.2) is 30.5 Å². The largest absolute Gasteiger partial charge is 0.496 e. The Balaban J connectivity index is 2.22. The van der Waals surface area contributed by atoms with Crippen LogP contribution in [0.2, 0.25) is 0 Å². The second kappa shape index (κ2) is 6.72. The molecule has 0 aliphatic heterocycles. The molecule has 0 spiro atoms. The lowest BCUT2D eigenvalue weighted by molar-refractivity contribution is 0.410. The Hall–Kier alpha value is -2.34. The van der Waals surface area contributed by atoms with E-state index in [0.717, 1.165) is 23.4 Å². The first-order valence-corrected chi connectivity index (χ1v) is 6.27. The second-order valence-electron chi connectivity index (χ2n) is 4.13. The predicted octanol–water partition coefficient (Wildman–Crippen LogP) is 1.93. The zero-order chi connectivity index (χ0) is 14.4. The third-order valence-corrected chi connectivity index (χ3v) is 2.79. The summed E-state index contributed by atoms with van der Waals surface area (Å²) < 4.78 is 5.31. The molecular weight excluding hydrogens is 254 g/mol. The zero-order valence-corrected chi connectivity index (χ0v) is 11.4. The van der Waals surface area contributed by atoms with Gasteiger partial charge in [-0.3, -0.25) is 0 Å². The summed E-state index contributed by atoms with van der Waals surface area (Å²) >= 11 is 0. The highest BCUT2D eigenvalue weighted by molar-refractivity contribution is 5.58. The van der Waals surface area contributed by atoms with Crippen molar-refractivity contribution in [2.24, 2.45) is 5.73 Å². The number of ether oxygens (including phenoxy) is 1. The van der Waals surface area contributed by atoms with Crippen LogP contribution in [0.3, 0.4) is 0 Å². The lowest BCUT2D eigenvalue weighted by atomic mass is 10.1. The van der Waals surface area contributed by atoms with Crippen molar-refractivity contribution in [1.82, 2.24) is 9.97 Å². The van der Waals surface area contributed by atoms with Crippen molar-refractivity contribution in [3.63, 3.8) is 0 Å². The Morgan fingerprint density at radius 2 is 2.20 bits per heavy atom. The lowest BCUT2D eigenvalue weighted by Gasteiger charge is -2.11. The normalized spacial score (nSPS) is 10.2. The molecule has 0 amide bonds. The number of nitrogens with two attached hydrogens (primary N) is 1. The molecule has 0 atom stereocenters. The Kier molecular flexibility index (Phi) is 4.73. The molecular formula is C14H18N5O. The maximum absolute atomic E-state index is 5.61. The zero-order valence-electron chi connectivity index (χ0n) is 11.4. The molecule has 6 heteroatoms. The molecule has 20 heavy (non-hydrogen) atoms. The topological polar surface area (TPSA) is 85.1 Å². The van der Waals surface area contributed by atoms with E-state index in [4.69, 9.17) is 10.5 Å². The van der Waals surface area contributed by atoms with Gasteiger partial charge in [0, 0.05) is 18.9 Å². The minimum Gasteiger partial charge on any atom is -0.496 e. The fourth-order valence-electron chi connectivity index (χ4n) is 1.85. The van der Waals surface area contributed by atoms with Gasteiger partial charge >= 0.3 is 0 Å². The molecule has 1 heterocycles. The van der Waals surface area contributed by atoms with Gasteiger partial charge in [0.15, 0.2) is 0 Å². The number of nitrogens with zero attached hydrogens (tertiary/aromatic N) is 2. The molecule has 0 saturated heterocycles. The molecule has 0 bridgehead atoms. The number of methoxy groups -OCH3 is 1. The summed E-state index contributed by atoms with van der Waals surface area (Å²) in [6, 6.07) is 7.54. The fourth-order valence-corrected chi connectivity index (χ4v) is 1.85. The quantitative estimate of drug-likeness (QED) is 0.745. The summed E-state index contributed by atoms with van der Waals surface area (Å²) in [5.41, 5.74) is 7.54. The predicted molar refractivity (Wildman–Crippen MR) is 80.0 cm³/mol. The minimum absolute atomic E-state index is 0.502. The van der Waals surface area contributed by atoms with Crippen molar-refractivity contribution >= 4 is 17.5 Å². The van der Waals surface area contributed by atoms with Gasteiger partial charge in [0.2, 0.25) is 5.95 Å². The third kappa shape index (κ3) is 3.36. The molecule has 6 nitrogen and oxygen atoms in total. The van der Waals surface area contributed by atoms with Gasteiger partial charge in [-0.05, 0) is 42.8 Å². The summed E-state index contributed by atoms with van der Waals surface area (Å²) in [6.45, 7) is 0.567. The van der Waals surface area contributed by atoms with E-state index in [1.165, 1.54) is 0 Å². The number of rotatable bonds is 6. The highest BCUT2D eigenvalue weighted by atomic mass is 16.5. The first-order valence-electron chi connectivity index (χ1n) is 6.27. The van der Waals surface area contributed by atoms with Gasteiger partial charge in [0.05, 0.1) is 7.11 Å². The van der Waals surface area contributed by atoms with Gasteiger partial charge in [0.25, 0.3) is 0 Å². The second-order valence-corrected chi connectivity index (χ2v) is 4.13. The Labute approximate surface area is 118 Å². The molecule has 2 rings (SSSR count). The lowest BCUT2D eigenvalue weighted by Crippen LogP contribution is -2.05. The van der Waals surface area contributed by atoms with Crippen molar-refractivity contribution in [2.75, 3.05) is 24.3 Å². The van der Waals surface area contributed by atoms with Crippen LogP contribution < -0.4 is 21.1 Å². The molecule has 105 valence electrons. The van der Waals surface area contributed by atoms with Crippen LogP contribution in [0.5, 0.6) is 5.75 Å². The highest BCUT2D eigenvalue weighted by Crippen LogP contribution is 2.24. The van der Waals surface area contributed by atoms with Gasteiger partial charge < -0.3 is 21.1 Å². The molecule has 0 fully saturated rings. The van der Waals surface area contributed by atoms with Crippen molar-refractivity contribution in [3.05, 3.63) is 43.1 Å². The highest BCUT2D eigenvalue weighted by Gasteiger charge is 2.05. The van der Waals surface area contributed by atoms with Gasteiger partial charge in [-0.2, -0.15) is 4.98 Å². The van der Waals surface area contributed by atoms with E-state index in [0.29, 0.717) is 18.3 Å². The molecule has 0 aliphatic rings. The van der Waals surface area contributed by atoms with E-state index in [2.05, 4.69) is 27.6 Å². The molecule has 1 aromatic carbocycles. The first kappa shape index (κ1) is 14.1. The van der Waals surface area contributed by atoms with Crippen LogP contribution >= 0.6 is 0 Å². The Morgan fingerprint density at radius 3 is 2.90 bits per heavy atom. The van der Waals surface area contributed by atoms with E-state index < -0.39 is 0 Å². The number of anilines is 3. The van der Waals surface area contributed by atoms with Gasteiger partial charge in [-0.15, -0.1) is 0 Å². The molecule has 0 saturated carbocycles. The van der Waals surface area contributed by atoms with Crippen LogP contribution in [-0.2, 0) is 6.42 Å². The van der Waals surface area contributed by atoms with Crippen LogP contribution in [0, 0.1) is 7.05 Å². The Morgan fingerprint density at radius 1 is 1.35 bits per heavy atom. The molecule has 4 N–H and O–H groups in total. The molecule has 0 unspecified atom stereocenters. The van der Waals surface area contributed by atoms with Crippen LogP contribution in [0.4, 0.5) is 17.5 Å². The van der Waals surface area contributed by atoms with E-state index in [-0.39, 0.29) is 0 Å². The molecule has 1 aromatic heterocycles. The number of hydrogen-bond acceptors (Lipinski definition) is 6. The van der Waals surface area contributed by atoms with Crippen LogP contribution in [0.25, 0.3) is 0 Å². The number of nitrogens with one attached hydrogen (secondary N) is 2. The number of aromatic nitrogens is 2. The summed E-state index contributed by atoms with van der Waals surface area (Å²) in [4.78, 5) is 8.41. The van der Waals surface area contributed by atoms with E-state index >= 15 is 0 Å². The van der Waals surface area contributed by atoms with Crippen LogP contribution in [-0.4, -0.2) is 23.6 Å². The average Bonchev–Trinajstić information content (AvgIpc) is 2.48. The number of hydrogen-bond donors (Lipinski definition) is 3. The SMILES string of the molecule is [CH2]Nc1ccnc(Nc2ccc(OC)c(CCN)c2)n1. The fraction of sp³-hybridized carbons (Fsp3) is 0.214. The summed E-state index contributed by atoms with van der Waals surface area (Å²) in [5.74, 6) is 1.98. The minimum atomic E-state index is 0.502. The van der Waals surface area contributed by atoms with Crippen molar-refractivity contribution in [3.8, 4) is 5.75 Å². The molecule has 0 aliphatic carbocycles. The third-order valence-electron chi connectivity index (χ3n) is 2.79. The first-order chi connectivity index (χ1) is 9.76. The van der Waals surface area contributed by atoms with E-state index in [9.17, 15) is 0 Å². The summed E-state index contributed by atoms with van der Waals surface area (Å²) in [5, 5.41) is 5.87. The van der Waals surface area contributed by atoms with Crippen LogP contribution in [0.1, 0.15) is 5.56 Å². The Bertz CT molecular complexity index is 573. The van der Waals surface area contributed by atoms with E-state index in [1.54, 1.807) is 19.4 Å². The maximum Gasteiger partial charge on any atom is 0.229 e.